The second-order valence-corrected chi connectivity index (χ2v) is 12.3. The molecule has 2 saturated heterocycles. The molecule has 3 aromatic rings. The van der Waals surface area contributed by atoms with Crippen LogP contribution in [0.1, 0.15) is 25.0 Å². The molecule has 8 rings (SSSR count). The van der Waals surface area contributed by atoms with Crippen molar-refractivity contribution >= 4 is 41.0 Å². The van der Waals surface area contributed by atoms with E-state index in [9.17, 15) is 24.0 Å². The van der Waals surface area contributed by atoms with Crippen LogP contribution in [0.4, 0.5) is 11.4 Å². The van der Waals surface area contributed by atoms with Crippen molar-refractivity contribution in [2.75, 3.05) is 9.80 Å². The van der Waals surface area contributed by atoms with Crippen LogP contribution in [0.2, 0.25) is 0 Å². The van der Waals surface area contributed by atoms with Gasteiger partial charge < -0.3 is 4.74 Å². The van der Waals surface area contributed by atoms with Crippen molar-refractivity contribution in [1.29, 1.82) is 0 Å². The first kappa shape index (κ1) is 27.0. The first-order chi connectivity index (χ1) is 20.6. The number of allylic oxidation sites excluding steroid dienone is 1. The molecule has 4 atom stereocenters. The van der Waals surface area contributed by atoms with Crippen LogP contribution in [0.5, 0.6) is 5.75 Å². The third-order valence-electron chi connectivity index (χ3n) is 9.94. The van der Waals surface area contributed by atoms with E-state index < -0.39 is 64.6 Å². The lowest BCUT2D eigenvalue weighted by Gasteiger charge is -2.55. The van der Waals surface area contributed by atoms with Gasteiger partial charge in [0, 0.05) is 16.9 Å². The summed E-state index contributed by atoms with van der Waals surface area (Å²) in [6.07, 6.45) is 0. The van der Waals surface area contributed by atoms with Crippen molar-refractivity contribution in [2.24, 2.45) is 35.0 Å². The summed E-state index contributed by atoms with van der Waals surface area (Å²) in [5.74, 6) is -6.83. The molecule has 1 saturated carbocycles. The van der Waals surface area contributed by atoms with E-state index in [1.807, 2.05) is 38.1 Å². The summed E-state index contributed by atoms with van der Waals surface area (Å²) in [5.41, 5.74) is 2.03. The van der Waals surface area contributed by atoms with Gasteiger partial charge >= 0.3 is 5.97 Å². The summed E-state index contributed by atoms with van der Waals surface area (Å²) in [4.78, 5) is 73.5. The van der Waals surface area contributed by atoms with E-state index in [1.165, 1.54) is 9.80 Å². The molecule has 5 aliphatic rings. The van der Waals surface area contributed by atoms with Gasteiger partial charge in [-0.1, -0.05) is 66.1 Å². The molecule has 0 N–H and O–H groups in total. The predicted molar refractivity (Wildman–Crippen MR) is 158 cm³/mol. The Hall–Kier alpha value is -4.85. The van der Waals surface area contributed by atoms with Gasteiger partial charge in [0.15, 0.2) is 0 Å². The van der Waals surface area contributed by atoms with Gasteiger partial charge in [-0.3, -0.25) is 29.0 Å². The van der Waals surface area contributed by atoms with Crippen LogP contribution < -0.4 is 14.5 Å². The van der Waals surface area contributed by atoms with Crippen molar-refractivity contribution in [3.8, 4) is 5.75 Å². The normalized spacial score (nSPS) is 29.3. The summed E-state index contributed by atoms with van der Waals surface area (Å²) in [5, 5.41) is 0. The quantitative estimate of drug-likeness (QED) is 0.252. The maximum Gasteiger partial charge on any atom is 0.339 e. The van der Waals surface area contributed by atoms with E-state index in [1.54, 1.807) is 68.4 Å². The minimum absolute atomic E-state index is 0.197. The number of carbonyl (C=O) groups is 5. The lowest BCUT2D eigenvalue weighted by molar-refractivity contribution is -0.152. The van der Waals surface area contributed by atoms with Gasteiger partial charge in [0.25, 0.3) is 0 Å². The fraction of sp³-hybridized carbons (Fsp3) is 0.286. The molecule has 4 amide bonds. The minimum Gasteiger partial charge on any atom is -0.423 e. The van der Waals surface area contributed by atoms with Crippen LogP contribution in [0, 0.1) is 48.9 Å². The van der Waals surface area contributed by atoms with Crippen molar-refractivity contribution in [3.63, 3.8) is 0 Å². The van der Waals surface area contributed by atoms with E-state index in [2.05, 4.69) is 0 Å². The maximum atomic E-state index is 14.4. The molecule has 3 fully saturated rings. The van der Waals surface area contributed by atoms with Gasteiger partial charge in [-0.15, -0.1) is 0 Å². The molecule has 8 heteroatoms. The monoisotopic (exact) mass is 574 g/mol. The number of amides is 4. The lowest BCUT2D eigenvalue weighted by Crippen LogP contribution is -2.61. The minimum atomic E-state index is -1.47. The Morgan fingerprint density at radius 1 is 0.628 bits per heavy atom. The number of aryl methyl sites for hydroxylation is 2. The fourth-order valence-corrected chi connectivity index (χ4v) is 8.15. The summed E-state index contributed by atoms with van der Waals surface area (Å²) in [6, 6.07) is 22.7. The molecule has 2 bridgehead atoms. The average Bonchev–Trinajstić information content (AvgIpc) is 3.41. The Bertz CT molecular complexity index is 1670. The molecule has 0 spiro atoms. The molecule has 2 aliphatic heterocycles. The van der Waals surface area contributed by atoms with Gasteiger partial charge in [0.2, 0.25) is 23.6 Å². The van der Waals surface area contributed by atoms with E-state index in [0.29, 0.717) is 22.7 Å². The largest absolute Gasteiger partial charge is 0.423 e. The van der Waals surface area contributed by atoms with Gasteiger partial charge in [0.1, 0.15) is 5.75 Å². The van der Waals surface area contributed by atoms with E-state index in [4.69, 9.17) is 4.74 Å². The summed E-state index contributed by atoms with van der Waals surface area (Å²) < 4.78 is 5.80. The summed E-state index contributed by atoms with van der Waals surface area (Å²) in [6.45, 7) is 7.25. The number of para-hydroxylation sites is 1. The smallest absolute Gasteiger partial charge is 0.339 e. The number of nitrogens with zero attached hydrogens (tertiary/aromatic N) is 2. The van der Waals surface area contributed by atoms with Crippen LogP contribution in [0.25, 0.3) is 0 Å². The van der Waals surface area contributed by atoms with Gasteiger partial charge in [-0.25, -0.2) is 4.79 Å². The molecule has 8 nitrogen and oxygen atoms in total. The molecular formula is C35H30N2O6. The number of esters is 1. The molecule has 3 aromatic carbocycles. The lowest BCUT2D eigenvalue weighted by atomic mass is 9.43. The standard InChI is InChI=1S/C35H30N2O6/c1-18-10-14-21(15-11-18)36-30(38)25-24-20(3)27(34(42)43-23-8-6-5-7-9-23)35(4,28(25)32(36)40)29-26(24)31(39)37(33(29)41)22-16-12-19(2)13-17-22/h5-17,24-26,28-29H,1-4H3/t24?,25-,26-,28+,29+,35?/m1/s1. The second kappa shape index (κ2) is 9.33. The topological polar surface area (TPSA) is 101 Å². The number of benzene rings is 3. The Labute approximate surface area is 248 Å². The van der Waals surface area contributed by atoms with Crippen LogP contribution in [-0.2, 0) is 24.0 Å². The second-order valence-electron chi connectivity index (χ2n) is 12.3. The predicted octanol–water partition coefficient (Wildman–Crippen LogP) is 4.79. The van der Waals surface area contributed by atoms with Gasteiger partial charge in [0.05, 0.1) is 35.0 Å². The number of ether oxygens (including phenoxy) is 1. The van der Waals surface area contributed by atoms with Gasteiger partial charge in [-0.05, 0) is 57.2 Å². The third-order valence-corrected chi connectivity index (χ3v) is 9.94. The Morgan fingerprint density at radius 2 is 1.07 bits per heavy atom. The highest BCUT2D eigenvalue weighted by molar-refractivity contribution is 6.27. The zero-order valence-corrected chi connectivity index (χ0v) is 24.2. The van der Waals surface area contributed by atoms with Crippen molar-refractivity contribution in [2.45, 2.75) is 27.7 Å². The zero-order chi connectivity index (χ0) is 30.4. The summed E-state index contributed by atoms with van der Waals surface area (Å²) in [7, 11) is 0. The SMILES string of the molecule is CC1=C(C(=O)Oc2ccccc2)C2(C)[C@@H]3C(=O)N(c4ccc(C)cc4)C(=O)[C@@H]3C1[C@H]1C(=O)N(c3ccc(C)cc3)C(=O)[C@H]12. The number of anilines is 2. The number of hydrogen-bond acceptors (Lipinski definition) is 6. The highest BCUT2D eigenvalue weighted by atomic mass is 16.5. The Balaban J connectivity index is 1.40. The Kier molecular flexibility index (Phi) is 5.86. The molecule has 0 aromatic heterocycles. The number of hydrogen-bond donors (Lipinski definition) is 0. The van der Waals surface area contributed by atoms with E-state index >= 15 is 0 Å². The maximum absolute atomic E-state index is 14.4. The van der Waals surface area contributed by atoms with Crippen LogP contribution in [0.15, 0.2) is 90.0 Å². The number of carbonyl (C=O) groups excluding carboxylic acids is 5. The third kappa shape index (κ3) is 3.59. The van der Waals surface area contributed by atoms with E-state index in [-0.39, 0.29) is 5.57 Å². The number of imide groups is 2. The molecule has 3 aliphatic carbocycles. The first-order valence-electron chi connectivity index (χ1n) is 14.4. The summed E-state index contributed by atoms with van der Waals surface area (Å²) >= 11 is 0. The van der Waals surface area contributed by atoms with Crippen molar-refractivity contribution < 1.29 is 28.7 Å². The highest BCUT2D eigenvalue weighted by Crippen LogP contribution is 2.68. The highest BCUT2D eigenvalue weighted by Gasteiger charge is 2.77. The average molecular weight is 575 g/mol. The molecule has 216 valence electrons. The van der Waals surface area contributed by atoms with Crippen LogP contribution in [-0.4, -0.2) is 29.6 Å². The first-order valence-corrected chi connectivity index (χ1v) is 14.4. The fourth-order valence-electron chi connectivity index (χ4n) is 8.15. The van der Waals surface area contributed by atoms with Crippen LogP contribution >= 0.6 is 0 Å². The molecule has 0 radical (unpaired) electrons. The van der Waals surface area contributed by atoms with Gasteiger partial charge in [-0.2, -0.15) is 0 Å². The van der Waals surface area contributed by atoms with Crippen molar-refractivity contribution in [1.82, 2.24) is 0 Å². The van der Waals surface area contributed by atoms with E-state index in [0.717, 1.165) is 11.1 Å². The molecule has 2 heterocycles. The van der Waals surface area contributed by atoms with Crippen molar-refractivity contribution in [3.05, 3.63) is 101 Å². The molecule has 43 heavy (non-hydrogen) atoms. The number of rotatable bonds is 4. The molecular weight excluding hydrogens is 544 g/mol. The molecule has 0 unspecified atom stereocenters. The van der Waals surface area contributed by atoms with Crippen LogP contribution in [0.3, 0.4) is 0 Å². The Morgan fingerprint density at radius 3 is 1.51 bits per heavy atom. The zero-order valence-electron chi connectivity index (χ0n) is 24.2.